The van der Waals surface area contributed by atoms with Crippen molar-refractivity contribution < 1.29 is 28.2 Å². The molecule has 1 aromatic carbocycles. The van der Waals surface area contributed by atoms with Gasteiger partial charge in [0, 0.05) is 30.7 Å². The second-order valence-electron chi connectivity index (χ2n) is 8.66. The third-order valence-corrected chi connectivity index (χ3v) is 6.31. The van der Waals surface area contributed by atoms with Crippen LogP contribution in [0.5, 0.6) is 5.75 Å². The summed E-state index contributed by atoms with van der Waals surface area (Å²) in [5, 5.41) is 19.4. The van der Waals surface area contributed by atoms with E-state index in [-0.39, 0.29) is 23.7 Å². The Hall–Kier alpha value is -4.29. The van der Waals surface area contributed by atoms with E-state index in [0.717, 1.165) is 0 Å². The van der Waals surface area contributed by atoms with Crippen LogP contribution in [0.15, 0.2) is 30.6 Å². The molecule has 0 saturated heterocycles. The van der Waals surface area contributed by atoms with Crippen molar-refractivity contribution in [3.8, 4) is 17.1 Å². The summed E-state index contributed by atoms with van der Waals surface area (Å²) in [4.78, 5) is 35.8. The zero-order chi connectivity index (χ0) is 25.4. The average molecular weight is 499 g/mol. The van der Waals surface area contributed by atoms with Crippen LogP contribution in [0.2, 0.25) is 0 Å². The number of aryl methyl sites for hydroxylation is 1. The molecule has 3 aromatic heterocycles. The number of ether oxygens (including phenoxy) is 1. The van der Waals surface area contributed by atoms with Crippen LogP contribution in [0.25, 0.3) is 33.5 Å². The molecule has 1 aliphatic carbocycles. The highest BCUT2D eigenvalue weighted by atomic mass is 19.3. The first kappa shape index (κ1) is 23.5. The Bertz CT molecular complexity index is 1440. The second kappa shape index (κ2) is 9.40. The lowest BCUT2D eigenvalue weighted by atomic mass is 9.91. The van der Waals surface area contributed by atoms with Crippen molar-refractivity contribution in [3.05, 3.63) is 36.2 Å². The van der Waals surface area contributed by atoms with Gasteiger partial charge in [0.15, 0.2) is 5.65 Å². The predicted octanol–water partition coefficient (Wildman–Crippen LogP) is 3.42. The zero-order valence-electron chi connectivity index (χ0n) is 19.2. The maximum Gasteiger partial charge on any atom is 0.404 e. The Morgan fingerprint density at radius 2 is 1.92 bits per heavy atom. The number of hydrogen-bond acceptors (Lipinski definition) is 6. The monoisotopic (exact) mass is 499 g/mol. The molecule has 188 valence electrons. The molecule has 13 heteroatoms. The summed E-state index contributed by atoms with van der Waals surface area (Å²) in [6, 6.07) is 4.34. The molecule has 0 bridgehead atoms. The van der Waals surface area contributed by atoms with Gasteiger partial charge >= 0.3 is 12.7 Å². The normalized spacial score (nSPS) is 18.0. The molecule has 36 heavy (non-hydrogen) atoms. The maximum absolute atomic E-state index is 13.0. The van der Waals surface area contributed by atoms with Gasteiger partial charge in [0.25, 0.3) is 5.91 Å². The van der Waals surface area contributed by atoms with E-state index >= 15 is 0 Å². The molecule has 0 radical (unpaired) electrons. The standard InChI is InChI=1S/C23H23F2N7O4/c1-32-17-7-6-13(36-22(24)25)8-14(17)18(31-32)16-10-27-20-19(30-16)15(9-26-20)21(33)28-11-2-4-12(5-3-11)29-23(34)35/h6-12,22,29H,2-5H2,1H3,(H,26,27)(H,28,33)(H,34,35)/t11-,12+. The van der Waals surface area contributed by atoms with Gasteiger partial charge in [-0.25, -0.2) is 14.8 Å². The average Bonchev–Trinajstić information content (AvgIpc) is 3.40. The predicted molar refractivity (Wildman–Crippen MR) is 125 cm³/mol. The smallest absolute Gasteiger partial charge is 0.404 e. The van der Waals surface area contributed by atoms with Crippen molar-refractivity contribution in [1.82, 2.24) is 35.4 Å². The lowest BCUT2D eigenvalue weighted by Gasteiger charge is -2.28. The number of nitrogens with one attached hydrogen (secondary N) is 3. The second-order valence-corrected chi connectivity index (χ2v) is 8.66. The van der Waals surface area contributed by atoms with Gasteiger partial charge in [0.05, 0.1) is 17.3 Å². The lowest BCUT2D eigenvalue weighted by molar-refractivity contribution is -0.0497. The number of amides is 2. The van der Waals surface area contributed by atoms with Crippen LogP contribution in [0, 0.1) is 0 Å². The van der Waals surface area contributed by atoms with Gasteiger partial charge in [-0.1, -0.05) is 0 Å². The Labute approximate surface area is 202 Å². The van der Waals surface area contributed by atoms with Gasteiger partial charge in [0.1, 0.15) is 22.7 Å². The SMILES string of the molecule is Cn1nc(-c2cnc3[nH]cc(C(=O)N[C@H]4CC[C@@H](NC(=O)O)CC4)c3n2)c2cc(OC(F)F)ccc21. The topological polar surface area (TPSA) is 147 Å². The molecule has 1 fully saturated rings. The number of aromatic amines is 1. The Morgan fingerprint density at radius 1 is 1.19 bits per heavy atom. The van der Waals surface area contributed by atoms with Crippen LogP contribution in [0.3, 0.4) is 0 Å². The number of benzene rings is 1. The summed E-state index contributed by atoms with van der Waals surface area (Å²) in [5.41, 5.74) is 2.56. The molecule has 1 aliphatic rings. The summed E-state index contributed by atoms with van der Waals surface area (Å²) in [6.45, 7) is -2.96. The third kappa shape index (κ3) is 4.63. The number of nitrogens with zero attached hydrogens (tertiary/aromatic N) is 4. The molecule has 4 N–H and O–H groups in total. The minimum atomic E-state index is -2.96. The van der Waals surface area contributed by atoms with Crippen molar-refractivity contribution in [3.63, 3.8) is 0 Å². The van der Waals surface area contributed by atoms with E-state index in [1.807, 2.05) is 0 Å². The van der Waals surface area contributed by atoms with Crippen LogP contribution in [0.1, 0.15) is 36.0 Å². The summed E-state index contributed by atoms with van der Waals surface area (Å²) >= 11 is 0. The van der Waals surface area contributed by atoms with E-state index in [1.54, 1.807) is 17.8 Å². The first-order valence-corrected chi connectivity index (χ1v) is 11.3. The van der Waals surface area contributed by atoms with Crippen molar-refractivity contribution in [2.75, 3.05) is 0 Å². The molecule has 1 saturated carbocycles. The summed E-state index contributed by atoms with van der Waals surface area (Å²) in [6.07, 6.45) is 4.57. The van der Waals surface area contributed by atoms with E-state index in [0.29, 0.717) is 64.7 Å². The molecule has 0 unspecified atom stereocenters. The minimum absolute atomic E-state index is 0.00391. The number of carbonyl (C=O) groups excluding carboxylic acids is 1. The Kier molecular flexibility index (Phi) is 6.12. The summed E-state index contributed by atoms with van der Waals surface area (Å²) < 4.78 is 31.6. The number of fused-ring (bicyclic) bond motifs is 2. The van der Waals surface area contributed by atoms with Crippen LogP contribution < -0.4 is 15.4 Å². The molecule has 5 rings (SSSR count). The van der Waals surface area contributed by atoms with Crippen molar-refractivity contribution in [2.45, 2.75) is 44.4 Å². The number of rotatable bonds is 6. The molecular formula is C23H23F2N7O4. The van der Waals surface area contributed by atoms with Crippen LogP contribution >= 0.6 is 0 Å². The van der Waals surface area contributed by atoms with Gasteiger partial charge < -0.3 is 25.5 Å². The highest BCUT2D eigenvalue weighted by Gasteiger charge is 2.25. The van der Waals surface area contributed by atoms with Crippen molar-refractivity contribution >= 4 is 34.1 Å². The van der Waals surface area contributed by atoms with Crippen molar-refractivity contribution in [2.24, 2.45) is 7.05 Å². The molecule has 0 spiro atoms. The summed E-state index contributed by atoms with van der Waals surface area (Å²) in [7, 11) is 1.72. The Balaban J connectivity index is 1.40. The van der Waals surface area contributed by atoms with Gasteiger partial charge in [-0.05, 0) is 43.9 Å². The van der Waals surface area contributed by atoms with Crippen LogP contribution in [0.4, 0.5) is 13.6 Å². The number of carbonyl (C=O) groups is 2. The quantitative estimate of drug-likeness (QED) is 0.318. The van der Waals surface area contributed by atoms with Gasteiger partial charge in [0.2, 0.25) is 0 Å². The fourth-order valence-corrected chi connectivity index (χ4v) is 4.61. The van der Waals surface area contributed by atoms with E-state index < -0.39 is 12.7 Å². The third-order valence-electron chi connectivity index (χ3n) is 6.31. The number of H-pyrrole nitrogens is 1. The zero-order valence-corrected chi connectivity index (χ0v) is 19.2. The fourth-order valence-electron chi connectivity index (χ4n) is 4.61. The van der Waals surface area contributed by atoms with E-state index in [1.165, 1.54) is 24.5 Å². The number of halogens is 2. The maximum atomic E-state index is 13.0. The van der Waals surface area contributed by atoms with E-state index in [9.17, 15) is 18.4 Å². The first-order valence-electron chi connectivity index (χ1n) is 11.3. The van der Waals surface area contributed by atoms with Gasteiger partial charge in [-0.3, -0.25) is 9.48 Å². The molecule has 11 nitrogen and oxygen atoms in total. The number of carboxylic acid groups (broad SMARTS) is 1. The molecule has 4 aromatic rings. The molecule has 3 heterocycles. The number of aromatic nitrogens is 5. The molecule has 0 atom stereocenters. The number of hydrogen-bond donors (Lipinski definition) is 4. The fraction of sp³-hybridized carbons (Fsp3) is 0.348. The first-order chi connectivity index (χ1) is 17.3. The van der Waals surface area contributed by atoms with E-state index in [4.69, 9.17) is 5.11 Å². The molecule has 0 aliphatic heterocycles. The lowest BCUT2D eigenvalue weighted by Crippen LogP contribution is -2.43. The van der Waals surface area contributed by atoms with E-state index in [2.05, 4.69) is 35.4 Å². The van der Waals surface area contributed by atoms with Gasteiger partial charge in [-0.2, -0.15) is 13.9 Å². The summed E-state index contributed by atoms with van der Waals surface area (Å²) in [5.74, 6) is -0.323. The molecule has 2 amide bonds. The van der Waals surface area contributed by atoms with Crippen LogP contribution in [-0.2, 0) is 7.05 Å². The highest BCUT2D eigenvalue weighted by Crippen LogP contribution is 2.31. The Morgan fingerprint density at radius 3 is 2.61 bits per heavy atom. The number of alkyl halides is 2. The van der Waals surface area contributed by atoms with Crippen LogP contribution in [-0.4, -0.2) is 60.5 Å². The minimum Gasteiger partial charge on any atom is -0.465 e. The highest BCUT2D eigenvalue weighted by molar-refractivity contribution is 6.05. The van der Waals surface area contributed by atoms with Crippen molar-refractivity contribution in [1.29, 1.82) is 0 Å². The largest absolute Gasteiger partial charge is 0.465 e. The molecular weight excluding hydrogens is 476 g/mol. The van der Waals surface area contributed by atoms with Gasteiger partial charge in [-0.15, -0.1) is 0 Å².